The largest absolute Gasteiger partial charge is 0.444 e. The van der Waals surface area contributed by atoms with Crippen molar-refractivity contribution < 1.29 is 13.9 Å². The van der Waals surface area contributed by atoms with Crippen LogP contribution < -0.4 is 0 Å². The van der Waals surface area contributed by atoms with Gasteiger partial charge in [0.2, 0.25) is 5.89 Å². The average molecular weight is 280 g/mol. The Labute approximate surface area is 120 Å². The predicted octanol–water partition coefficient (Wildman–Crippen LogP) is 2.18. The highest BCUT2D eigenvalue weighted by Gasteiger charge is 2.34. The second-order valence-corrected chi connectivity index (χ2v) is 6.56. The van der Waals surface area contributed by atoms with Gasteiger partial charge in [-0.2, -0.15) is 0 Å². The maximum absolute atomic E-state index is 6.02. The van der Waals surface area contributed by atoms with E-state index in [2.05, 4.69) is 23.7 Å². The summed E-state index contributed by atoms with van der Waals surface area (Å²) >= 11 is 0. The normalized spacial score (nSPS) is 26.9. The van der Waals surface area contributed by atoms with E-state index in [1.807, 2.05) is 6.20 Å². The molecular weight excluding hydrogens is 256 g/mol. The minimum absolute atomic E-state index is 0.113. The van der Waals surface area contributed by atoms with Gasteiger partial charge in [-0.15, -0.1) is 0 Å². The quantitative estimate of drug-likeness (QED) is 0.827. The third kappa shape index (κ3) is 3.40. The van der Waals surface area contributed by atoms with E-state index >= 15 is 0 Å². The molecule has 112 valence electrons. The van der Waals surface area contributed by atoms with E-state index in [-0.39, 0.29) is 11.7 Å². The molecule has 0 bridgehead atoms. The topological polar surface area (TPSA) is 47.7 Å². The average Bonchev–Trinajstić information content (AvgIpc) is 3.09. The summed E-state index contributed by atoms with van der Waals surface area (Å²) in [5.41, 5.74) is -0.159. The summed E-state index contributed by atoms with van der Waals surface area (Å²) in [4.78, 5) is 6.75. The maximum atomic E-state index is 6.02. The van der Waals surface area contributed by atoms with Crippen LogP contribution in [0.25, 0.3) is 0 Å². The summed E-state index contributed by atoms with van der Waals surface area (Å²) in [5.74, 6) is 2.50. The van der Waals surface area contributed by atoms with Crippen LogP contribution in [0.5, 0.6) is 0 Å². The number of rotatable bonds is 5. The Balaban J connectivity index is 1.62. The summed E-state index contributed by atoms with van der Waals surface area (Å²) in [6.45, 7) is 7.35. The van der Waals surface area contributed by atoms with Gasteiger partial charge in [-0.3, -0.25) is 4.90 Å². The van der Waals surface area contributed by atoms with E-state index in [0.29, 0.717) is 12.5 Å². The van der Waals surface area contributed by atoms with Crippen molar-refractivity contribution in [3.8, 4) is 0 Å². The Bertz CT molecular complexity index is 454. The van der Waals surface area contributed by atoms with Gasteiger partial charge in [-0.25, -0.2) is 4.98 Å². The van der Waals surface area contributed by atoms with Gasteiger partial charge in [0.25, 0.3) is 0 Å². The van der Waals surface area contributed by atoms with E-state index in [1.165, 1.54) is 12.8 Å². The third-order valence-electron chi connectivity index (χ3n) is 3.81. The first kappa shape index (κ1) is 14.0. The number of morpholine rings is 1. The molecule has 2 fully saturated rings. The predicted molar refractivity (Wildman–Crippen MR) is 74.6 cm³/mol. The van der Waals surface area contributed by atoms with Crippen molar-refractivity contribution in [2.45, 2.75) is 50.9 Å². The summed E-state index contributed by atoms with van der Waals surface area (Å²) < 4.78 is 17.1. The van der Waals surface area contributed by atoms with Crippen molar-refractivity contribution in [3.05, 3.63) is 17.8 Å². The highest BCUT2D eigenvalue weighted by Crippen LogP contribution is 2.40. The first-order valence-electron chi connectivity index (χ1n) is 7.39. The first-order valence-corrected chi connectivity index (χ1v) is 7.39. The molecule has 1 saturated carbocycles. The van der Waals surface area contributed by atoms with Crippen LogP contribution in [0.1, 0.15) is 44.3 Å². The van der Waals surface area contributed by atoms with Gasteiger partial charge in [0.15, 0.2) is 0 Å². The van der Waals surface area contributed by atoms with E-state index in [9.17, 15) is 0 Å². The van der Waals surface area contributed by atoms with Crippen molar-refractivity contribution in [2.75, 3.05) is 26.8 Å². The van der Waals surface area contributed by atoms with Gasteiger partial charge >= 0.3 is 0 Å². The van der Waals surface area contributed by atoms with Crippen LogP contribution in [-0.4, -0.2) is 48.4 Å². The van der Waals surface area contributed by atoms with Crippen LogP contribution in [0, 0.1) is 0 Å². The second kappa shape index (κ2) is 5.47. The van der Waals surface area contributed by atoms with Gasteiger partial charge in [-0.1, -0.05) is 0 Å². The van der Waals surface area contributed by atoms with Crippen molar-refractivity contribution in [1.82, 2.24) is 9.88 Å². The maximum Gasteiger partial charge on any atom is 0.208 e. The number of hydrogen-bond donors (Lipinski definition) is 0. The molecule has 1 aliphatic carbocycles. The van der Waals surface area contributed by atoms with Gasteiger partial charge in [-0.05, 0) is 26.7 Å². The number of methoxy groups -OCH3 is 1. The molecule has 0 unspecified atom stereocenters. The first-order chi connectivity index (χ1) is 9.55. The number of oxazole rings is 1. The smallest absolute Gasteiger partial charge is 0.208 e. The van der Waals surface area contributed by atoms with Crippen molar-refractivity contribution in [3.63, 3.8) is 0 Å². The van der Waals surface area contributed by atoms with E-state index < -0.39 is 0 Å². The van der Waals surface area contributed by atoms with Crippen LogP contribution in [0.15, 0.2) is 10.6 Å². The summed E-state index contributed by atoms with van der Waals surface area (Å²) in [7, 11) is 1.71. The summed E-state index contributed by atoms with van der Waals surface area (Å²) in [6, 6.07) is 0. The van der Waals surface area contributed by atoms with E-state index in [1.54, 1.807) is 7.11 Å². The zero-order valence-electron chi connectivity index (χ0n) is 12.6. The van der Waals surface area contributed by atoms with Gasteiger partial charge in [0.1, 0.15) is 5.76 Å². The fourth-order valence-corrected chi connectivity index (χ4v) is 2.96. The molecule has 1 aliphatic heterocycles. The number of hydrogen-bond acceptors (Lipinski definition) is 5. The zero-order chi connectivity index (χ0) is 14.2. The molecule has 0 amide bonds. The second-order valence-electron chi connectivity index (χ2n) is 6.56. The molecule has 1 aromatic heterocycles. The van der Waals surface area contributed by atoms with Gasteiger partial charge in [0.05, 0.1) is 31.1 Å². The molecule has 5 nitrogen and oxygen atoms in total. The third-order valence-corrected chi connectivity index (χ3v) is 3.81. The van der Waals surface area contributed by atoms with Crippen LogP contribution in [0.4, 0.5) is 0 Å². The highest BCUT2D eigenvalue weighted by molar-refractivity contribution is 5.08. The molecule has 20 heavy (non-hydrogen) atoms. The Hall–Kier alpha value is -0.910. The SMILES string of the molecule is COC[C@@H]1CN(Cc2ncc(C3CC3)o2)CC(C)(C)O1. The lowest BCUT2D eigenvalue weighted by Crippen LogP contribution is -2.53. The van der Waals surface area contributed by atoms with Crippen molar-refractivity contribution >= 4 is 0 Å². The molecule has 1 aromatic rings. The monoisotopic (exact) mass is 280 g/mol. The lowest BCUT2D eigenvalue weighted by Gasteiger charge is -2.42. The molecule has 2 heterocycles. The Morgan fingerprint density at radius 2 is 2.25 bits per heavy atom. The Kier molecular flexibility index (Phi) is 3.84. The fraction of sp³-hybridized carbons (Fsp3) is 0.800. The summed E-state index contributed by atoms with van der Waals surface area (Å²) in [6.07, 6.45) is 4.50. The zero-order valence-corrected chi connectivity index (χ0v) is 12.6. The lowest BCUT2D eigenvalue weighted by molar-refractivity contribution is -0.155. The number of ether oxygens (including phenoxy) is 2. The van der Waals surface area contributed by atoms with Gasteiger partial charge < -0.3 is 13.9 Å². The van der Waals surface area contributed by atoms with E-state index in [4.69, 9.17) is 13.9 Å². The minimum atomic E-state index is -0.159. The minimum Gasteiger partial charge on any atom is -0.444 e. The lowest BCUT2D eigenvalue weighted by atomic mass is 10.1. The molecule has 2 aliphatic rings. The van der Waals surface area contributed by atoms with Crippen molar-refractivity contribution in [2.24, 2.45) is 0 Å². The molecular formula is C15H24N2O3. The molecule has 3 rings (SSSR count). The molecule has 1 saturated heterocycles. The van der Waals surface area contributed by atoms with Crippen LogP contribution >= 0.6 is 0 Å². The molecule has 1 atom stereocenters. The molecule has 0 spiro atoms. The van der Waals surface area contributed by atoms with Crippen LogP contribution in [-0.2, 0) is 16.0 Å². The molecule has 0 N–H and O–H groups in total. The van der Waals surface area contributed by atoms with E-state index in [0.717, 1.165) is 31.3 Å². The summed E-state index contributed by atoms with van der Waals surface area (Å²) in [5, 5.41) is 0. The molecule has 0 radical (unpaired) electrons. The fourth-order valence-electron chi connectivity index (χ4n) is 2.96. The Morgan fingerprint density at radius 3 is 2.95 bits per heavy atom. The van der Waals surface area contributed by atoms with Crippen LogP contribution in [0.3, 0.4) is 0 Å². The van der Waals surface area contributed by atoms with Gasteiger partial charge in [0, 0.05) is 26.1 Å². The highest BCUT2D eigenvalue weighted by atomic mass is 16.5. The van der Waals surface area contributed by atoms with Crippen molar-refractivity contribution in [1.29, 1.82) is 0 Å². The standard InChI is InChI=1S/C15H24N2O3/c1-15(2)10-17(7-12(20-15)9-18-3)8-14-16-6-13(19-14)11-4-5-11/h6,11-12H,4-5,7-10H2,1-3H3/t12-/m0/s1. The molecule has 0 aromatic carbocycles. The number of nitrogens with zero attached hydrogens (tertiary/aromatic N) is 2. The van der Waals surface area contributed by atoms with Crippen LogP contribution in [0.2, 0.25) is 0 Å². The number of aromatic nitrogens is 1. The Morgan fingerprint density at radius 1 is 1.45 bits per heavy atom. The molecule has 5 heteroatoms.